The van der Waals surface area contributed by atoms with Crippen molar-refractivity contribution >= 4 is 23.2 Å². The number of anilines is 1. The van der Waals surface area contributed by atoms with Gasteiger partial charge in [0.05, 0.1) is 18.1 Å². The van der Waals surface area contributed by atoms with Crippen molar-refractivity contribution in [1.29, 1.82) is 0 Å². The summed E-state index contributed by atoms with van der Waals surface area (Å²) >= 11 is 0. The average molecular weight is 446 g/mol. The van der Waals surface area contributed by atoms with Crippen LogP contribution in [0.5, 0.6) is 5.75 Å². The van der Waals surface area contributed by atoms with Crippen LogP contribution in [0.4, 0.5) is 24.5 Å². The molecule has 3 nitrogen and oxygen atoms in total. The number of benzene rings is 2. The minimum atomic E-state index is -4.36. The summed E-state index contributed by atoms with van der Waals surface area (Å²) in [5.41, 5.74) is 3.38. The van der Waals surface area contributed by atoms with E-state index in [0.717, 1.165) is 47.6 Å². The van der Waals surface area contributed by atoms with E-state index in [1.54, 1.807) is 13.2 Å². The second kappa shape index (κ2) is 9.00. The molecule has 0 aliphatic carbocycles. The fraction of sp³-hybridized carbons (Fsp3) is 0.423. The monoisotopic (exact) mass is 445 g/mol. The Labute approximate surface area is 188 Å². The summed E-state index contributed by atoms with van der Waals surface area (Å²) in [7, 11) is 3.56. The van der Waals surface area contributed by atoms with Crippen LogP contribution >= 0.6 is 0 Å². The number of hydrogen-bond donors (Lipinski definition) is 0. The molecular weight excluding hydrogens is 413 g/mol. The van der Waals surface area contributed by atoms with Crippen molar-refractivity contribution in [2.24, 2.45) is 0 Å². The highest BCUT2D eigenvalue weighted by atomic mass is 19.4. The fourth-order valence-electron chi connectivity index (χ4n) is 4.54. The molecule has 32 heavy (non-hydrogen) atoms. The number of methoxy groups -OCH3 is 1. The van der Waals surface area contributed by atoms with Gasteiger partial charge in [-0.3, -0.25) is 0 Å². The predicted octanol–water partition coefficient (Wildman–Crippen LogP) is 6.67. The fourth-order valence-corrected chi connectivity index (χ4v) is 4.54. The Bertz CT molecular complexity index is 1050. The zero-order valence-electron chi connectivity index (χ0n) is 19.7. The van der Waals surface area contributed by atoms with Gasteiger partial charge < -0.3 is 9.64 Å². The van der Waals surface area contributed by atoms with Crippen molar-refractivity contribution in [3.05, 3.63) is 59.2 Å². The maximum Gasteiger partial charge on any atom is 0.416 e. The van der Waals surface area contributed by atoms with E-state index >= 15 is 0 Å². The van der Waals surface area contributed by atoms with Gasteiger partial charge in [0.1, 0.15) is 12.8 Å². The van der Waals surface area contributed by atoms with Gasteiger partial charge in [-0.2, -0.15) is 17.7 Å². The van der Waals surface area contributed by atoms with E-state index in [0.29, 0.717) is 12.0 Å². The Hall–Kier alpha value is -2.76. The van der Waals surface area contributed by atoms with Crippen LogP contribution < -0.4 is 9.64 Å². The Balaban J connectivity index is 2.02. The van der Waals surface area contributed by atoms with Crippen LogP contribution in [0.1, 0.15) is 50.8 Å². The second-order valence-electron chi connectivity index (χ2n) is 8.29. The smallest absolute Gasteiger partial charge is 0.416 e. The van der Waals surface area contributed by atoms with Gasteiger partial charge in [-0.15, -0.1) is 0 Å². The molecule has 0 spiro atoms. The predicted molar refractivity (Wildman–Crippen MR) is 126 cm³/mol. The van der Waals surface area contributed by atoms with Crippen LogP contribution in [0.2, 0.25) is 0 Å². The summed E-state index contributed by atoms with van der Waals surface area (Å²) in [5.74, 6) is 0.766. The summed E-state index contributed by atoms with van der Waals surface area (Å²) < 4.78 is 47.7. The van der Waals surface area contributed by atoms with E-state index in [9.17, 15) is 13.2 Å². The molecule has 0 bridgehead atoms. The van der Waals surface area contributed by atoms with Crippen LogP contribution in [0.15, 0.2) is 42.5 Å². The number of ether oxygens (including phenoxy) is 1. The molecule has 172 valence electrons. The topological polar surface area (TPSA) is 15.5 Å². The Morgan fingerprint density at radius 1 is 1.03 bits per heavy atom. The Morgan fingerprint density at radius 2 is 1.72 bits per heavy atom. The van der Waals surface area contributed by atoms with Gasteiger partial charge in [0.15, 0.2) is 5.71 Å². The minimum absolute atomic E-state index is 0.518. The number of fused-ring (bicyclic) bond motifs is 1. The summed E-state index contributed by atoms with van der Waals surface area (Å²) in [6, 6.07) is 10.2. The molecule has 1 atom stereocenters. The summed E-state index contributed by atoms with van der Waals surface area (Å²) in [5, 5.41) is 0. The lowest BCUT2D eigenvalue weighted by atomic mass is 9.76. The molecule has 0 amide bonds. The third kappa shape index (κ3) is 4.15. The van der Waals surface area contributed by atoms with Crippen molar-refractivity contribution in [3.63, 3.8) is 0 Å². The number of hydrogen-bond acceptors (Lipinski definition) is 2. The SMILES string of the molecule is CCN(CC)c1ccc(/C=C/C2=[N+](C)c3ccc(C(F)(F)F)cc3C2(C)CC)c(OC)c1. The average Bonchev–Trinajstić information content (AvgIpc) is 2.99. The molecule has 0 aromatic heterocycles. The summed E-state index contributed by atoms with van der Waals surface area (Å²) in [6.07, 6.45) is 0.316. The molecule has 0 N–H and O–H groups in total. The first-order valence-electron chi connectivity index (χ1n) is 11.0. The number of halogens is 3. The molecule has 1 aliphatic rings. The van der Waals surface area contributed by atoms with E-state index in [2.05, 4.69) is 24.8 Å². The van der Waals surface area contributed by atoms with E-state index in [-0.39, 0.29) is 0 Å². The highest BCUT2D eigenvalue weighted by molar-refractivity contribution is 6.05. The molecule has 6 heteroatoms. The molecule has 1 aliphatic heterocycles. The van der Waals surface area contributed by atoms with Crippen molar-refractivity contribution < 1.29 is 22.5 Å². The highest BCUT2D eigenvalue weighted by Gasteiger charge is 2.46. The standard InChI is InChI=1S/C26H32F3N2O/c1-7-25(4)21-16-19(26(27,28)29)12-14-22(21)30(5)24(25)15-11-18-10-13-20(17-23(18)32-6)31(8-2)9-3/h10-17H,7-9H2,1-6H3/q+1. The molecule has 0 fully saturated rings. The Morgan fingerprint density at radius 3 is 2.28 bits per heavy atom. The van der Waals surface area contributed by atoms with E-state index in [4.69, 9.17) is 4.74 Å². The van der Waals surface area contributed by atoms with Gasteiger partial charge in [0.25, 0.3) is 0 Å². The van der Waals surface area contributed by atoms with Crippen molar-refractivity contribution in [2.45, 2.75) is 45.7 Å². The summed E-state index contributed by atoms with van der Waals surface area (Å²) in [4.78, 5) is 2.25. The molecule has 0 saturated carbocycles. The van der Waals surface area contributed by atoms with E-state index in [1.807, 2.05) is 49.8 Å². The molecule has 0 radical (unpaired) electrons. The molecular formula is C26H32F3N2O+. The van der Waals surface area contributed by atoms with Crippen LogP contribution in [0.25, 0.3) is 6.08 Å². The van der Waals surface area contributed by atoms with E-state index < -0.39 is 17.2 Å². The molecule has 2 aromatic rings. The molecule has 3 rings (SSSR count). The second-order valence-corrected chi connectivity index (χ2v) is 8.29. The third-order valence-corrected chi connectivity index (χ3v) is 6.68. The third-order valence-electron chi connectivity index (χ3n) is 6.68. The molecule has 1 unspecified atom stereocenters. The van der Waals surface area contributed by atoms with Gasteiger partial charge in [-0.1, -0.05) is 6.92 Å². The molecule has 1 heterocycles. The Kier molecular flexibility index (Phi) is 6.72. The highest BCUT2D eigenvalue weighted by Crippen LogP contribution is 2.44. The van der Waals surface area contributed by atoms with Crippen LogP contribution in [0.3, 0.4) is 0 Å². The normalized spacial score (nSPS) is 18.4. The van der Waals surface area contributed by atoms with Crippen LogP contribution in [-0.4, -0.2) is 37.5 Å². The quantitative estimate of drug-likeness (QED) is 0.442. The van der Waals surface area contributed by atoms with Crippen LogP contribution in [0, 0.1) is 0 Å². The van der Waals surface area contributed by atoms with Gasteiger partial charge in [0, 0.05) is 48.1 Å². The number of rotatable bonds is 7. The maximum atomic E-state index is 13.3. The number of alkyl halides is 3. The largest absolute Gasteiger partial charge is 0.496 e. The van der Waals surface area contributed by atoms with Gasteiger partial charge >= 0.3 is 6.18 Å². The lowest BCUT2D eigenvalue weighted by Gasteiger charge is -2.22. The lowest BCUT2D eigenvalue weighted by Crippen LogP contribution is -2.29. The van der Waals surface area contributed by atoms with Gasteiger partial charge in [-0.25, -0.2) is 0 Å². The van der Waals surface area contributed by atoms with Gasteiger partial charge in [-0.05, 0) is 57.5 Å². The van der Waals surface area contributed by atoms with Crippen molar-refractivity contribution in [3.8, 4) is 5.75 Å². The first kappa shape index (κ1) is 23.9. The zero-order chi connectivity index (χ0) is 23.7. The first-order valence-corrected chi connectivity index (χ1v) is 11.0. The zero-order valence-corrected chi connectivity index (χ0v) is 19.7. The van der Waals surface area contributed by atoms with Crippen molar-refractivity contribution in [1.82, 2.24) is 0 Å². The van der Waals surface area contributed by atoms with Gasteiger partial charge in [0.2, 0.25) is 5.69 Å². The molecule has 0 saturated heterocycles. The van der Waals surface area contributed by atoms with Crippen LogP contribution in [-0.2, 0) is 11.6 Å². The number of allylic oxidation sites excluding steroid dienone is 1. The maximum absolute atomic E-state index is 13.3. The number of nitrogens with zero attached hydrogens (tertiary/aromatic N) is 2. The minimum Gasteiger partial charge on any atom is -0.496 e. The molecule has 2 aromatic carbocycles. The lowest BCUT2D eigenvalue weighted by molar-refractivity contribution is -0.401. The van der Waals surface area contributed by atoms with E-state index in [1.165, 1.54) is 6.07 Å². The summed E-state index contributed by atoms with van der Waals surface area (Å²) in [6.45, 7) is 10.1. The first-order chi connectivity index (χ1) is 15.1. The van der Waals surface area contributed by atoms with Crippen molar-refractivity contribution in [2.75, 3.05) is 32.1 Å².